The highest BCUT2D eigenvalue weighted by Crippen LogP contribution is 2.34. The fraction of sp³-hybridized carbons (Fsp3) is 0.214. The van der Waals surface area contributed by atoms with Crippen LogP contribution in [0.25, 0.3) is 5.69 Å². The van der Waals surface area contributed by atoms with Crippen molar-refractivity contribution < 1.29 is 14.0 Å². The predicted molar refractivity (Wildman–Crippen MR) is 87.5 cm³/mol. The molecule has 0 saturated heterocycles. The SMILES string of the molecule is Cc1[nH]nc(Sc2ncc(N=O)s2)[n+]1-c1ccc2c(c1)OCCO2. The van der Waals surface area contributed by atoms with Crippen LogP contribution in [0, 0.1) is 11.8 Å². The Morgan fingerprint density at radius 1 is 1.33 bits per heavy atom. The van der Waals surface area contributed by atoms with Crippen LogP contribution in [0.15, 0.2) is 39.1 Å². The summed E-state index contributed by atoms with van der Waals surface area (Å²) >= 11 is 2.59. The first kappa shape index (κ1) is 15.1. The molecule has 1 aliphatic rings. The molecule has 1 N–H and O–H groups in total. The lowest BCUT2D eigenvalue weighted by Crippen LogP contribution is -2.34. The van der Waals surface area contributed by atoms with Crippen molar-refractivity contribution >= 4 is 28.1 Å². The molecule has 0 saturated carbocycles. The van der Waals surface area contributed by atoms with E-state index in [4.69, 9.17) is 9.47 Å². The smallest absolute Gasteiger partial charge is 0.348 e. The van der Waals surface area contributed by atoms with Crippen LogP contribution in [0.3, 0.4) is 0 Å². The number of nitrogens with one attached hydrogen (secondary N) is 1. The summed E-state index contributed by atoms with van der Waals surface area (Å²) in [5.41, 5.74) is 0.901. The Kier molecular flexibility index (Phi) is 3.90. The first-order valence-electron chi connectivity index (χ1n) is 7.08. The minimum atomic E-state index is 0.343. The van der Waals surface area contributed by atoms with E-state index in [-0.39, 0.29) is 0 Å². The van der Waals surface area contributed by atoms with Crippen LogP contribution >= 0.6 is 23.1 Å². The fourth-order valence-corrected chi connectivity index (χ4v) is 4.09. The Labute approximate surface area is 144 Å². The van der Waals surface area contributed by atoms with E-state index in [1.165, 1.54) is 29.3 Å². The number of ether oxygens (including phenoxy) is 2. The third-order valence-corrected chi connectivity index (χ3v) is 5.27. The highest BCUT2D eigenvalue weighted by molar-refractivity contribution is 8.00. The van der Waals surface area contributed by atoms with Gasteiger partial charge in [0, 0.05) is 24.8 Å². The van der Waals surface area contributed by atoms with Crippen LogP contribution in [0.1, 0.15) is 5.82 Å². The molecule has 0 radical (unpaired) electrons. The van der Waals surface area contributed by atoms with Crippen LogP contribution in [-0.2, 0) is 0 Å². The zero-order valence-corrected chi connectivity index (χ0v) is 14.2. The van der Waals surface area contributed by atoms with Crippen LogP contribution in [0.5, 0.6) is 11.5 Å². The van der Waals surface area contributed by atoms with Gasteiger partial charge in [0.05, 0.1) is 11.3 Å². The van der Waals surface area contributed by atoms with E-state index in [9.17, 15) is 4.91 Å². The Balaban J connectivity index is 1.70. The van der Waals surface area contributed by atoms with Gasteiger partial charge in [0.25, 0.3) is 0 Å². The third-order valence-electron chi connectivity index (χ3n) is 3.36. The molecule has 0 fully saturated rings. The summed E-state index contributed by atoms with van der Waals surface area (Å²) in [5.74, 6) is 2.31. The lowest BCUT2D eigenvalue weighted by Gasteiger charge is -2.18. The van der Waals surface area contributed by atoms with Crippen molar-refractivity contribution in [3.05, 3.63) is 35.1 Å². The van der Waals surface area contributed by atoms with Crippen LogP contribution in [0.4, 0.5) is 5.00 Å². The molecule has 1 aliphatic heterocycles. The van der Waals surface area contributed by atoms with Crippen molar-refractivity contribution in [3.63, 3.8) is 0 Å². The minimum absolute atomic E-state index is 0.343. The number of benzene rings is 1. The Morgan fingerprint density at radius 3 is 2.96 bits per heavy atom. The Bertz CT molecular complexity index is 908. The summed E-state index contributed by atoms with van der Waals surface area (Å²) in [6.45, 7) is 3.02. The summed E-state index contributed by atoms with van der Waals surface area (Å²) < 4.78 is 13.9. The van der Waals surface area contributed by atoms with Gasteiger partial charge in [0.2, 0.25) is 5.82 Å². The molecule has 3 aromatic rings. The molecule has 4 rings (SSSR count). The van der Waals surface area contributed by atoms with Gasteiger partial charge in [-0.1, -0.05) is 11.3 Å². The van der Waals surface area contributed by atoms with E-state index >= 15 is 0 Å². The topological polar surface area (TPSA) is 93.3 Å². The summed E-state index contributed by atoms with van der Waals surface area (Å²) in [6.07, 6.45) is 1.45. The van der Waals surface area contributed by atoms with Crippen molar-refractivity contribution in [3.8, 4) is 17.2 Å². The number of hydrogen-bond acceptors (Lipinski definition) is 8. The van der Waals surface area contributed by atoms with Gasteiger partial charge in [-0.2, -0.15) is 4.57 Å². The van der Waals surface area contributed by atoms with Gasteiger partial charge < -0.3 is 9.47 Å². The maximum absolute atomic E-state index is 10.6. The van der Waals surface area contributed by atoms with E-state index in [2.05, 4.69) is 20.4 Å². The zero-order valence-electron chi connectivity index (χ0n) is 12.6. The van der Waals surface area contributed by atoms with Crippen LogP contribution < -0.4 is 14.0 Å². The van der Waals surface area contributed by atoms with Gasteiger partial charge in [-0.3, -0.25) is 0 Å². The summed E-state index contributed by atoms with van der Waals surface area (Å²) in [7, 11) is 0. The number of nitrogens with zero attached hydrogens (tertiary/aromatic N) is 4. The van der Waals surface area contributed by atoms with E-state index in [0.717, 1.165) is 17.3 Å². The number of rotatable bonds is 4. The number of aromatic amines is 1. The first-order chi connectivity index (χ1) is 11.7. The van der Waals surface area contributed by atoms with Gasteiger partial charge in [-0.25, -0.2) is 4.98 Å². The molecule has 1 aromatic carbocycles. The molecular formula is C14H12N5O3S2+. The molecule has 2 aromatic heterocycles. The predicted octanol–water partition coefficient (Wildman–Crippen LogP) is 2.77. The number of aryl methyl sites for hydroxylation is 1. The molecule has 3 heterocycles. The molecule has 0 atom stereocenters. The molecule has 0 bridgehead atoms. The van der Waals surface area contributed by atoms with E-state index in [1.807, 2.05) is 29.7 Å². The van der Waals surface area contributed by atoms with Crippen LogP contribution in [0.2, 0.25) is 0 Å². The second-order valence-corrected chi connectivity index (χ2v) is 7.14. The highest BCUT2D eigenvalue weighted by Gasteiger charge is 2.23. The average Bonchev–Trinajstić information content (AvgIpc) is 3.21. The number of aromatic nitrogens is 4. The first-order valence-corrected chi connectivity index (χ1v) is 8.72. The van der Waals surface area contributed by atoms with Crippen molar-refractivity contribution in [1.82, 2.24) is 15.2 Å². The lowest BCUT2D eigenvalue weighted by molar-refractivity contribution is -0.642. The number of fused-ring (bicyclic) bond motifs is 1. The molecule has 24 heavy (non-hydrogen) atoms. The average molecular weight is 362 g/mol. The van der Waals surface area contributed by atoms with E-state index < -0.39 is 0 Å². The molecule has 8 nitrogen and oxygen atoms in total. The molecular weight excluding hydrogens is 350 g/mol. The van der Waals surface area contributed by atoms with Gasteiger partial charge in [0.1, 0.15) is 18.9 Å². The number of hydrogen-bond donors (Lipinski definition) is 1. The standard InChI is InChI=1S/C14H11N5O3S2/c1-8-16-17-13(24-14-15-7-12(18-20)23-14)19(8)9-2-3-10-11(6-9)22-5-4-21-10/h2-3,6-7H,4-5H2,1H3/p+1. The molecule has 0 spiro atoms. The molecule has 0 amide bonds. The Hall–Kier alpha value is -2.46. The number of nitroso groups, excluding NO2 is 1. The number of H-pyrrole nitrogens is 1. The van der Waals surface area contributed by atoms with Crippen molar-refractivity contribution in [2.24, 2.45) is 5.18 Å². The highest BCUT2D eigenvalue weighted by atomic mass is 32.2. The largest absolute Gasteiger partial charge is 0.486 e. The second-order valence-electron chi connectivity index (χ2n) is 4.91. The monoisotopic (exact) mass is 362 g/mol. The molecule has 122 valence electrons. The maximum Gasteiger partial charge on any atom is 0.348 e. The summed E-state index contributed by atoms with van der Waals surface area (Å²) in [5, 5.41) is 11.2. The fourth-order valence-electron chi connectivity index (χ4n) is 2.33. The molecule has 10 heteroatoms. The number of thiazole rings is 1. The second kappa shape index (κ2) is 6.21. The third kappa shape index (κ3) is 2.74. The molecule has 0 aliphatic carbocycles. The Morgan fingerprint density at radius 2 is 2.17 bits per heavy atom. The van der Waals surface area contributed by atoms with Gasteiger partial charge in [-0.15, -0.1) is 10.0 Å². The van der Waals surface area contributed by atoms with E-state index in [1.54, 1.807) is 0 Å². The minimum Gasteiger partial charge on any atom is -0.486 e. The zero-order chi connectivity index (χ0) is 16.5. The normalized spacial score (nSPS) is 13.0. The van der Waals surface area contributed by atoms with Crippen molar-refractivity contribution in [2.75, 3.05) is 13.2 Å². The maximum atomic E-state index is 10.6. The van der Waals surface area contributed by atoms with Gasteiger partial charge in [-0.05, 0) is 17.3 Å². The summed E-state index contributed by atoms with van der Waals surface area (Å²) in [4.78, 5) is 14.7. The van der Waals surface area contributed by atoms with Gasteiger partial charge >= 0.3 is 5.16 Å². The van der Waals surface area contributed by atoms with Gasteiger partial charge in [0.15, 0.2) is 20.8 Å². The quantitative estimate of drug-likeness (QED) is 0.567. The van der Waals surface area contributed by atoms with Crippen molar-refractivity contribution in [1.29, 1.82) is 0 Å². The van der Waals surface area contributed by atoms with Crippen LogP contribution in [-0.4, -0.2) is 28.4 Å². The van der Waals surface area contributed by atoms with Crippen molar-refractivity contribution in [2.45, 2.75) is 16.4 Å². The molecule has 0 unspecified atom stereocenters. The lowest BCUT2D eigenvalue weighted by atomic mass is 10.2. The van der Waals surface area contributed by atoms with E-state index in [0.29, 0.717) is 33.5 Å². The summed E-state index contributed by atoms with van der Waals surface area (Å²) in [6, 6.07) is 5.75.